The summed E-state index contributed by atoms with van der Waals surface area (Å²) in [7, 11) is 0. The number of aliphatic carboxylic acids is 1. The zero-order valence-electron chi connectivity index (χ0n) is 14.5. The quantitative estimate of drug-likeness (QED) is 0.878. The Morgan fingerprint density at radius 3 is 2.62 bits per heavy atom. The molecule has 0 radical (unpaired) electrons. The number of benzene rings is 2. The number of nitrogens with zero attached hydrogens (tertiary/aromatic N) is 2. The summed E-state index contributed by atoms with van der Waals surface area (Å²) in [6.45, 7) is 3.55. The lowest BCUT2D eigenvalue weighted by Crippen LogP contribution is -2.48. The van der Waals surface area contributed by atoms with Gasteiger partial charge in [-0.3, -0.25) is 9.69 Å². The number of piperazine rings is 1. The van der Waals surface area contributed by atoms with Gasteiger partial charge in [-0.05, 0) is 31.2 Å². The molecule has 1 fully saturated rings. The SMILES string of the molecule is Cl.O=C(O)CCCN1CCN2c3ccccc3Oc3ccccc3C2C1. The van der Waals surface area contributed by atoms with Crippen LogP contribution >= 0.6 is 12.4 Å². The second kappa shape index (κ2) is 7.98. The molecule has 4 rings (SSSR count). The highest BCUT2D eigenvalue weighted by atomic mass is 35.5. The number of carboxylic acids is 1. The molecule has 0 aliphatic carbocycles. The minimum atomic E-state index is -0.722. The number of para-hydroxylation sites is 3. The number of rotatable bonds is 4. The summed E-state index contributed by atoms with van der Waals surface area (Å²) < 4.78 is 6.20. The lowest BCUT2D eigenvalue weighted by atomic mass is 10.0. The molecule has 5 nitrogen and oxygen atoms in total. The third kappa shape index (κ3) is 3.64. The fraction of sp³-hybridized carbons (Fsp3) is 0.350. The van der Waals surface area contributed by atoms with Crippen LogP contribution in [0.15, 0.2) is 48.5 Å². The number of hydrogen-bond donors (Lipinski definition) is 1. The normalized spacial score (nSPS) is 18.5. The molecule has 26 heavy (non-hydrogen) atoms. The van der Waals surface area contributed by atoms with Crippen LogP contribution in [-0.4, -0.2) is 42.2 Å². The first-order chi connectivity index (χ1) is 12.2. The van der Waals surface area contributed by atoms with Crippen LogP contribution in [0.1, 0.15) is 24.4 Å². The first-order valence-corrected chi connectivity index (χ1v) is 8.79. The van der Waals surface area contributed by atoms with Gasteiger partial charge in [0, 0.05) is 31.6 Å². The Bertz CT molecular complexity index is 783. The summed E-state index contributed by atoms with van der Waals surface area (Å²) in [5, 5.41) is 8.86. The molecule has 2 aliphatic rings. The fourth-order valence-corrected chi connectivity index (χ4v) is 3.80. The van der Waals surface area contributed by atoms with Crippen molar-refractivity contribution in [2.24, 2.45) is 0 Å². The molecular weight excluding hydrogens is 352 g/mol. The highest BCUT2D eigenvalue weighted by Crippen LogP contribution is 2.45. The average molecular weight is 375 g/mol. The maximum Gasteiger partial charge on any atom is 0.303 e. The van der Waals surface area contributed by atoms with Crippen LogP contribution in [-0.2, 0) is 4.79 Å². The van der Waals surface area contributed by atoms with Gasteiger partial charge in [0.2, 0.25) is 0 Å². The predicted molar refractivity (Wildman–Crippen MR) is 104 cm³/mol. The van der Waals surface area contributed by atoms with E-state index in [1.807, 2.05) is 24.3 Å². The monoisotopic (exact) mass is 374 g/mol. The third-order valence-corrected chi connectivity index (χ3v) is 5.00. The number of hydrogen-bond acceptors (Lipinski definition) is 4. The van der Waals surface area contributed by atoms with E-state index < -0.39 is 5.97 Å². The summed E-state index contributed by atoms with van der Waals surface area (Å²) in [4.78, 5) is 15.6. The minimum absolute atomic E-state index is 0. The molecule has 2 aromatic rings. The molecule has 2 aliphatic heterocycles. The summed E-state index contributed by atoms with van der Waals surface area (Å²) in [5.74, 6) is 1.09. The van der Waals surface area contributed by atoms with Crippen molar-refractivity contribution in [3.63, 3.8) is 0 Å². The van der Waals surface area contributed by atoms with Crippen LogP contribution in [0, 0.1) is 0 Å². The van der Waals surface area contributed by atoms with E-state index in [2.05, 4.69) is 34.1 Å². The van der Waals surface area contributed by atoms with E-state index in [-0.39, 0.29) is 24.9 Å². The van der Waals surface area contributed by atoms with E-state index in [1.54, 1.807) is 0 Å². The van der Waals surface area contributed by atoms with Crippen molar-refractivity contribution in [1.82, 2.24) is 4.90 Å². The van der Waals surface area contributed by atoms with Crippen LogP contribution in [0.5, 0.6) is 11.5 Å². The number of carbonyl (C=O) groups is 1. The lowest BCUT2D eigenvalue weighted by Gasteiger charge is -2.42. The second-order valence-electron chi connectivity index (χ2n) is 6.61. The Morgan fingerprint density at radius 2 is 1.81 bits per heavy atom. The van der Waals surface area contributed by atoms with Gasteiger partial charge in [0.05, 0.1) is 11.7 Å². The fourth-order valence-electron chi connectivity index (χ4n) is 3.80. The number of halogens is 1. The molecule has 6 heteroatoms. The van der Waals surface area contributed by atoms with Gasteiger partial charge >= 0.3 is 5.97 Å². The van der Waals surface area contributed by atoms with Gasteiger partial charge in [-0.25, -0.2) is 0 Å². The number of ether oxygens (including phenoxy) is 1. The minimum Gasteiger partial charge on any atom is -0.481 e. The van der Waals surface area contributed by atoms with E-state index in [1.165, 1.54) is 5.56 Å². The number of carboxylic acid groups (broad SMARTS) is 1. The number of fused-ring (bicyclic) bond motifs is 5. The Hall–Kier alpha value is -2.24. The Balaban J connectivity index is 0.00000196. The van der Waals surface area contributed by atoms with Crippen LogP contribution < -0.4 is 9.64 Å². The summed E-state index contributed by atoms with van der Waals surface area (Å²) >= 11 is 0. The van der Waals surface area contributed by atoms with Gasteiger partial charge in [-0.15, -0.1) is 12.4 Å². The van der Waals surface area contributed by atoms with Crippen molar-refractivity contribution >= 4 is 24.1 Å². The first-order valence-electron chi connectivity index (χ1n) is 8.79. The zero-order valence-corrected chi connectivity index (χ0v) is 15.3. The molecule has 0 aromatic heterocycles. The molecule has 138 valence electrons. The largest absolute Gasteiger partial charge is 0.481 e. The number of anilines is 1. The lowest BCUT2D eigenvalue weighted by molar-refractivity contribution is -0.137. The van der Waals surface area contributed by atoms with Crippen LogP contribution in [0.4, 0.5) is 5.69 Å². The first kappa shape index (κ1) is 18.5. The maximum atomic E-state index is 10.8. The molecule has 1 saturated heterocycles. The summed E-state index contributed by atoms with van der Waals surface area (Å²) in [6, 6.07) is 16.6. The van der Waals surface area contributed by atoms with Crippen LogP contribution in [0.25, 0.3) is 0 Å². The van der Waals surface area contributed by atoms with E-state index in [0.717, 1.165) is 43.4 Å². The highest BCUT2D eigenvalue weighted by molar-refractivity contribution is 5.85. The van der Waals surface area contributed by atoms with Gasteiger partial charge in [-0.1, -0.05) is 30.3 Å². The van der Waals surface area contributed by atoms with Crippen molar-refractivity contribution < 1.29 is 14.6 Å². The van der Waals surface area contributed by atoms with Crippen LogP contribution in [0.3, 0.4) is 0 Å². The van der Waals surface area contributed by atoms with Crippen molar-refractivity contribution in [2.45, 2.75) is 18.9 Å². The Kier molecular flexibility index (Phi) is 5.69. The van der Waals surface area contributed by atoms with Gasteiger partial charge in [-0.2, -0.15) is 0 Å². The van der Waals surface area contributed by atoms with Crippen molar-refractivity contribution in [1.29, 1.82) is 0 Å². The predicted octanol–water partition coefficient (Wildman–Crippen LogP) is 3.94. The average Bonchev–Trinajstić information content (AvgIpc) is 2.76. The smallest absolute Gasteiger partial charge is 0.303 e. The van der Waals surface area contributed by atoms with Crippen LogP contribution in [0.2, 0.25) is 0 Å². The van der Waals surface area contributed by atoms with Crippen molar-refractivity contribution in [2.75, 3.05) is 31.1 Å². The van der Waals surface area contributed by atoms with Gasteiger partial charge in [0.1, 0.15) is 5.75 Å². The topological polar surface area (TPSA) is 53.0 Å². The molecular formula is C20H23ClN2O3. The summed E-state index contributed by atoms with van der Waals surface area (Å²) in [5.41, 5.74) is 2.33. The second-order valence-corrected chi connectivity index (χ2v) is 6.61. The van der Waals surface area contributed by atoms with Crippen molar-refractivity contribution in [3.8, 4) is 11.5 Å². The molecule has 2 aromatic carbocycles. The molecule has 0 spiro atoms. The van der Waals surface area contributed by atoms with E-state index in [4.69, 9.17) is 9.84 Å². The molecule has 1 unspecified atom stereocenters. The van der Waals surface area contributed by atoms with Gasteiger partial charge in [0.25, 0.3) is 0 Å². The molecule has 0 saturated carbocycles. The molecule has 0 bridgehead atoms. The van der Waals surface area contributed by atoms with E-state index in [9.17, 15) is 4.79 Å². The van der Waals surface area contributed by atoms with E-state index >= 15 is 0 Å². The molecule has 1 N–H and O–H groups in total. The molecule has 1 atom stereocenters. The summed E-state index contributed by atoms with van der Waals surface area (Å²) in [6.07, 6.45) is 0.921. The van der Waals surface area contributed by atoms with E-state index in [0.29, 0.717) is 6.42 Å². The molecule has 0 amide bonds. The van der Waals surface area contributed by atoms with Gasteiger partial charge in [0.15, 0.2) is 5.75 Å². The molecule has 2 heterocycles. The highest BCUT2D eigenvalue weighted by Gasteiger charge is 2.33. The van der Waals surface area contributed by atoms with Gasteiger partial charge < -0.3 is 14.7 Å². The zero-order chi connectivity index (χ0) is 17.2. The Labute approximate surface area is 159 Å². The Morgan fingerprint density at radius 1 is 1.08 bits per heavy atom. The standard InChI is InChI=1S/C20H22N2O3.ClH/c23-20(24)10-5-11-21-12-13-22-16-7-2-4-9-19(16)25-18-8-3-1-6-15(18)17(22)14-21;/h1-4,6-9,17H,5,10-14H2,(H,23,24);1H. The maximum absolute atomic E-state index is 10.8. The third-order valence-electron chi connectivity index (χ3n) is 5.00. The van der Waals surface area contributed by atoms with Crippen molar-refractivity contribution in [3.05, 3.63) is 54.1 Å².